The summed E-state index contributed by atoms with van der Waals surface area (Å²) in [5, 5.41) is 13.9. The summed E-state index contributed by atoms with van der Waals surface area (Å²) in [6, 6.07) is 2.00. The standard InChI is InChI=1S/C11H16N2O/c1-4-5-6-11(14)8-13-10(3)7-9(2)12-13/h7,11,14H,6,8H2,1-3H3. The lowest BCUT2D eigenvalue weighted by Crippen LogP contribution is -2.17. The molecule has 0 bridgehead atoms. The maximum atomic E-state index is 9.60. The highest BCUT2D eigenvalue weighted by molar-refractivity contribution is 5.07. The molecule has 0 fully saturated rings. The molecule has 1 aromatic heterocycles. The number of hydrogen-bond acceptors (Lipinski definition) is 2. The molecule has 1 N–H and O–H groups in total. The van der Waals surface area contributed by atoms with E-state index in [1.807, 2.05) is 24.6 Å². The smallest absolute Gasteiger partial charge is 0.0845 e. The lowest BCUT2D eigenvalue weighted by Gasteiger charge is -2.08. The van der Waals surface area contributed by atoms with E-state index in [-0.39, 0.29) is 0 Å². The molecule has 0 aliphatic heterocycles. The minimum atomic E-state index is -0.430. The van der Waals surface area contributed by atoms with Crippen molar-refractivity contribution in [1.82, 2.24) is 9.78 Å². The average Bonchev–Trinajstić information content (AvgIpc) is 2.42. The normalized spacial score (nSPS) is 12.0. The number of aromatic nitrogens is 2. The molecule has 0 amide bonds. The fraction of sp³-hybridized carbons (Fsp3) is 0.545. The van der Waals surface area contributed by atoms with E-state index in [9.17, 15) is 5.11 Å². The molecule has 1 unspecified atom stereocenters. The second kappa shape index (κ2) is 4.83. The second-order valence-corrected chi connectivity index (χ2v) is 3.39. The third-order valence-corrected chi connectivity index (χ3v) is 2.00. The van der Waals surface area contributed by atoms with Gasteiger partial charge < -0.3 is 5.11 Å². The first-order valence-corrected chi connectivity index (χ1v) is 4.72. The van der Waals surface area contributed by atoms with Crippen molar-refractivity contribution in [1.29, 1.82) is 0 Å². The Morgan fingerprint density at radius 3 is 2.79 bits per heavy atom. The van der Waals surface area contributed by atoms with Gasteiger partial charge in [0.05, 0.1) is 18.3 Å². The topological polar surface area (TPSA) is 38.0 Å². The van der Waals surface area contributed by atoms with Crippen LogP contribution in [0.1, 0.15) is 24.7 Å². The minimum absolute atomic E-state index is 0.430. The molecule has 0 aliphatic rings. The van der Waals surface area contributed by atoms with E-state index >= 15 is 0 Å². The van der Waals surface area contributed by atoms with E-state index < -0.39 is 6.10 Å². The Morgan fingerprint density at radius 1 is 1.57 bits per heavy atom. The minimum Gasteiger partial charge on any atom is -0.390 e. The average molecular weight is 192 g/mol. The molecule has 1 aromatic rings. The Bertz CT molecular complexity index is 357. The zero-order valence-corrected chi connectivity index (χ0v) is 8.91. The van der Waals surface area contributed by atoms with Gasteiger partial charge in [-0.2, -0.15) is 5.10 Å². The van der Waals surface area contributed by atoms with Crippen molar-refractivity contribution in [3.63, 3.8) is 0 Å². The van der Waals surface area contributed by atoms with Gasteiger partial charge in [-0.3, -0.25) is 4.68 Å². The molecule has 3 heteroatoms. The van der Waals surface area contributed by atoms with Crippen LogP contribution in [-0.2, 0) is 6.54 Å². The molecule has 1 atom stereocenters. The zero-order valence-electron chi connectivity index (χ0n) is 8.91. The molecule has 1 heterocycles. The number of aliphatic hydroxyl groups excluding tert-OH is 1. The summed E-state index contributed by atoms with van der Waals surface area (Å²) in [6.07, 6.45) is 0.0786. The molecule has 0 saturated heterocycles. The van der Waals surface area contributed by atoms with Crippen molar-refractivity contribution >= 4 is 0 Å². The van der Waals surface area contributed by atoms with Crippen LogP contribution in [0.5, 0.6) is 0 Å². The lowest BCUT2D eigenvalue weighted by molar-refractivity contribution is 0.153. The second-order valence-electron chi connectivity index (χ2n) is 3.39. The molecule has 76 valence electrons. The van der Waals surface area contributed by atoms with Crippen LogP contribution in [0.15, 0.2) is 6.07 Å². The summed E-state index contributed by atoms with van der Waals surface area (Å²) < 4.78 is 1.82. The maximum Gasteiger partial charge on any atom is 0.0845 e. The molecule has 14 heavy (non-hydrogen) atoms. The Hall–Kier alpha value is -1.27. The van der Waals surface area contributed by atoms with Crippen LogP contribution >= 0.6 is 0 Å². The van der Waals surface area contributed by atoms with Crippen molar-refractivity contribution < 1.29 is 5.11 Å². The van der Waals surface area contributed by atoms with Crippen molar-refractivity contribution in [3.05, 3.63) is 17.5 Å². The lowest BCUT2D eigenvalue weighted by atomic mass is 10.2. The fourth-order valence-electron chi connectivity index (χ4n) is 1.34. The highest BCUT2D eigenvalue weighted by Crippen LogP contribution is 2.04. The molecular weight excluding hydrogens is 176 g/mol. The molecule has 0 radical (unpaired) electrons. The zero-order chi connectivity index (χ0) is 10.6. The molecule has 0 spiro atoms. The van der Waals surface area contributed by atoms with Crippen molar-refractivity contribution in [2.45, 2.75) is 39.8 Å². The highest BCUT2D eigenvalue weighted by Gasteiger charge is 2.06. The molecule has 0 aromatic carbocycles. The Balaban J connectivity index is 2.58. The van der Waals surface area contributed by atoms with Gasteiger partial charge >= 0.3 is 0 Å². The number of aryl methyl sites for hydroxylation is 2. The van der Waals surface area contributed by atoms with Gasteiger partial charge in [0.1, 0.15) is 0 Å². The van der Waals surface area contributed by atoms with E-state index in [1.165, 1.54) is 0 Å². The van der Waals surface area contributed by atoms with Gasteiger partial charge in [0.15, 0.2) is 0 Å². The van der Waals surface area contributed by atoms with Gasteiger partial charge in [-0.25, -0.2) is 0 Å². The summed E-state index contributed by atoms with van der Waals surface area (Å²) in [5.41, 5.74) is 2.06. The Morgan fingerprint density at radius 2 is 2.29 bits per heavy atom. The third-order valence-electron chi connectivity index (χ3n) is 2.00. The fourth-order valence-corrected chi connectivity index (χ4v) is 1.34. The van der Waals surface area contributed by atoms with Gasteiger partial charge in [0.25, 0.3) is 0 Å². The van der Waals surface area contributed by atoms with E-state index in [0.29, 0.717) is 13.0 Å². The number of rotatable bonds is 3. The monoisotopic (exact) mass is 192 g/mol. The first kappa shape index (κ1) is 10.8. The van der Waals surface area contributed by atoms with Crippen LogP contribution in [0.4, 0.5) is 0 Å². The van der Waals surface area contributed by atoms with E-state index in [1.54, 1.807) is 6.92 Å². The molecule has 0 aliphatic carbocycles. The quantitative estimate of drug-likeness (QED) is 0.732. The van der Waals surface area contributed by atoms with Crippen LogP contribution in [0.2, 0.25) is 0 Å². The third kappa shape index (κ3) is 2.90. The van der Waals surface area contributed by atoms with Crippen molar-refractivity contribution in [3.8, 4) is 11.8 Å². The van der Waals surface area contributed by atoms with Crippen molar-refractivity contribution in [2.24, 2.45) is 0 Å². The van der Waals surface area contributed by atoms with E-state index in [4.69, 9.17) is 0 Å². The highest BCUT2D eigenvalue weighted by atomic mass is 16.3. The van der Waals surface area contributed by atoms with Gasteiger partial charge in [0.2, 0.25) is 0 Å². The first-order valence-electron chi connectivity index (χ1n) is 4.72. The molecule has 1 rings (SSSR count). The Kier molecular flexibility index (Phi) is 3.73. The van der Waals surface area contributed by atoms with Crippen molar-refractivity contribution in [2.75, 3.05) is 0 Å². The SMILES string of the molecule is CC#CCC(O)Cn1nc(C)cc1C. The molecular formula is C11H16N2O. The number of hydrogen-bond donors (Lipinski definition) is 1. The van der Waals surface area contributed by atoms with Crippen LogP contribution in [0.3, 0.4) is 0 Å². The predicted molar refractivity (Wildman–Crippen MR) is 55.8 cm³/mol. The van der Waals surface area contributed by atoms with Crippen LogP contribution in [0.25, 0.3) is 0 Å². The van der Waals surface area contributed by atoms with Gasteiger partial charge in [-0.1, -0.05) is 0 Å². The largest absolute Gasteiger partial charge is 0.390 e. The van der Waals surface area contributed by atoms with E-state index in [0.717, 1.165) is 11.4 Å². The summed E-state index contributed by atoms with van der Waals surface area (Å²) >= 11 is 0. The summed E-state index contributed by atoms with van der Waals surface area (Å²) in [7, 11) is 0. The van der Waals surface area contributed by atoms with Gasteiger partial charge in [-0.15, -0.1) is 11.8 Å². The van der Waals surface area contributed by atoms with Crippen LogP contribution in [-0.4, -0.2) is 21.0 Å². The number of nitrogens with zero attached hydrogens (tertiary/aromatic N) is 2. The van der Waals surface area contributed by atoms with Crippen LogP contribution in [0, 0.1) is 25.7 Å². The first-order chi connectivity index (χ1) is 6.63. The summed E-state index contributed by atoms with van der Waals surface area (Å²) in [5.74, 6) is 5.62. The van der Waals surface area contributed by atoms with Gasteiger partial charge in [-0.05, 0) is 26.8 Å². The predicted octanol–water partition coefficient (Wildman–Crippen LogP) is 1.27. The van der Waals surface area contributed by atoms with E-state index in [2.05, 4.69) is 16.9 Å². The van der Waals surface area contributed by atoms with Gasteiger partial charge in [0, 0.05) is 12.1 Å². The number of aliphatic hydroxyl groups is 1. The van der Waals surface area contributed by atoms with Crippen LogP contribution < -0.4 is 0 Å². The molecule has 3 nitrogen and oxygen atoms in total. The maximum absolute atomic E-state index is 9.60. The Labute approximate surface area is 84.8 Å². The molecule has 0 saturated carbocycles. The summed E-state index contributed by atoms with van der Waals surface area (Å²) in [6.45, 7) is 6.23. The summed E-state index contributed by atoms with van der Waals surface area (Å²) in [4.78, 5) is 0.